The number of sulfonamides is 1. The van der Waals surface area contributed by atoms with Gasteiger partial charge in [-0.3, -0.25) is 0 Å². The molecule has 1 aromatic carbocycles. The van der Waals surface area contributed by atoms with Crippen molar-refractivity contribution in [1.29, 1.82) is 0 Å². The monoisotopic (exact) mass is 250 g/mol. The maximum absolute atomic E-state index is 12.2. The normalized spacial score (nSPS) is 12.3. The summed E-state index contributed by atoms with van der Waals surface area (Å²) in [5, 5.41) is 0. The second-order valence-corrected chi connectivity index (χ2v) is 5.27. The molecule has 0 aliphatic rings. The first-order valence-electron chi connectivity index (χ1n) is 4.42. The van der Waals surface area contributed by atoms with E-state index in [2.05, 4.69) is 0 Å². The highest BCUT2D eigenvalue weighted by atomic mass is 32.2. The van der Waals surface area contributed by atoms with E-state index in [4.69, 9.17) is 5.73 Å². The van der Waals surface area contributed by atoms with Crippen molar-refractivity contribution in [3.63, 3.8) is 0 Å². The van der Waals surface area contributed by atoms with Crippen molar-refractivity contribution < 1.29 is 17.2 Å². The Morgan fingerprint density at radius 2 is 1.94 bits per heavy atom. The molecule has 0 amide bonds. The molecule has 0 fully saturated rings. The smallest absolute Gasteiger partial charge is 0.350 e. The molecule has 0 aliphatic carbocycles. The molecule has 0 radical (unpaired) electrons. The van der Waals surface area contributed by atoms with Gasteiger partial charge in [0.1, 0.15) is 0 Å². The number of nitrogens with zero attached hydrogens (tertiary/aromatic N) is 1. The summed E-state index contributed by atoms with van der Waals surface area (Å²) in [6.45, 7) is -0.167. The molecule has 0 aromatic heterocycles. The van der Waals surface area contributed by atoms with Crippen LogP contribution in [0.4, 0.5) is 14.5 Å². The predicted molar refractivity (Wildman–Crippen MR) is 57.2 cm³/mol. The molecule has 4 nitrogen and oxygen atoms in total. The van der Waals surface area contributed by atoms with E-state index in [0.29, 0.717) is 15.6 Å². The summed E-state index contributed by atoms with van der Waals surface area (Å²) in [6.07, 6.45) is 0. The Kier molecular flexibility index (Phi) is 3.82. The van der Waals surface area contributed by atoms with Crippen molar-refractivity contribution in [1.82, 2.24) is 4.31 Å². The maximum atomic E-state index is 12.2. The van der Waals surface area contributed by atoms with Crippen LogP contribution in [-0.2, 0) is 16.6 Å². The second-order valence-electron chi connectivity index (χ2n) is 3.26. The lowest BCUT2D eigenvalue weighted by molar-refractivity contribution is 0.222. The number of benzene rings is 1. The van der Waals surface area contributed by atoms with E-state index in [-0.39, 0.29) is 6.54 Å². The summed E-state index contributed by atoms with van der Waals surface area (Å²) in [7, 11) is -3.46. The first-order valence-corrected chi connectivity index (χ1v) is 5.92. The third-order valence-corrected chi connectivity index (χ3v) is 3.56. The minimum Gasteiger partial charge on any atom is -0.398 e. The number of hydrogen-bond donors (Lipinski definition) is 1. The maximum Gasteiger partial charge on any atom is 0.350 e. The Morgan fingerprint density at radius 1 is 1.38 bits per heavy atom. The SMILES string of the molecule is CN(Cc1ccccc1N)S(=O)(=O)C(F)F. The lowest BCUT2D eigenvalue weighted by Gasteiger charge is -2.17. The molecule has 0 heterocycles. The van der Waals surface area contributed by atoms with E-state index < -0.39 is 15.8 Å². The number of rotatable bonds is 4. The highest BCUT2D eigenvalue weighted by Crippen LogP contribution is 2.17. The fourth-order valence-electron chi connectivity index (χ4n) is 1.14. The molecule has 0 atom stereocenters. The first-order chi connectivity index (χ1) is 7.35. The molecular weight excluding hydrogens is 238 g/mol. The lowest BCUT2D eigenvalue weighted by atomic mass is 10.2. The van der Waals surface area contributed by atoms with Gasteiger partial charge in [-0.25, -0.2) is 8.42 Å². The van der Waals surface area contributed by atoms with Gasteiger partial charge >= 0.3 is 5.76 Å². The largest absolute Gasteiger partial charge is 0.398 e. The Hall–Kier alpha value is -1.21. The summed E-state index contributed by atoms with van der Waals surface area (Å²) in [5.74, 6) is -3.41. The van der Waals surface area contributed by atoms with Gasteiger partial charge in [0.15, 0.2) is 0 Å². The minimum atomic E-state index is -4.55. The fourth-order valence-corrected chi connectivity index (χ4v) is 1.74. The molecule has 0 saturated carbocycles. The average Bonchev–Trinajstić information content (AvgIpc) is 2.21. The van der Waals surface area contributed by atoms with Crippen LogP contribution in [-0.4, -0.2) is 25.5 Å². The molecule has 0 spiro atoms. The third kappa shape index (κ3) is 2.67. The molecule has 1 aromatic rings. The van der Waals surface area contributed by atoms with Gasteiger partial charge < -0.3 is 5.73 Å². The molecule has 1 rings (SSSR count). The number of halogens is 2. The lowest BCUT2D eigenvalue weighted by Crippen LogP contribution is -2.31. The van der Waals surface area contributed by atoms with Crippen LogP contribution in [0.25, 0.3) is 0 Å². The molecule has 90 valence electrons. The van der Waals surface area contributed by atoms with Crippen LogP contribution in [0.5, 0.6) is 0 Å². The quantitative estimate of drug-likeness (QED) is 0.818. The first kappa shape index (κ1) is 12.9. The minimum absolute atomic E-state index is 0.167. The van der Waals surface area contributed by atoms with Gasteiger partial charge in [-0.15, -0.1) is 0 Å². The Balaban J connectivity index is 2.88. The number of nitrogens with two attached hydrogens (primary N) is 1. The molecule has 2 N–H and O–H groups in total. The van der Waals surface area contributed by atoms with Crippen molar-refractivity contribution in [2.24, 2.45) is 0 Å². The topological polar surface area (TPSA) is 63.4 Å². The summed E-state index contributed by atoms with van der Waals surface area (Å²) >= 11 is 0. The van der Waals surface area contributed by atoms with Crippen molar-refractivity contribution in [3.05, 3.63) is 29.8 Å². The summed E-state index contributed by atoms with van der Waals surface area (Å²) < 4.78 is 47.2. The van der Waals surface area contributed by atoms with Crippen molar-refractivity contribution in [2.75, 3.05) is 12.8 Å². The number of hydrogen-bond acceptors (Lipinski definition) is 3. The van der Waals surface area contributed by atoms with Gasteiger partial charge in [0.2, 0.25) is 0 Å². The predicted octanol–water partition coefficient (Wildman–Crippen LogP) is 1.25. The second kappa shape index (κ2) is 4.75. The standard InChI is InChI=1S/C9H12F2N2O2S/c1-13(16(14,15)9(10)11)6-7-4-2-3-5-8(7)12/h2-5,9H,6,12H2,1H3. The Bertz CT molecular complexity index is 462. The van der Waals surface area contributed by atoms with E-state index in [0.717, 1.165) is 7.05 Å². The number of nitrogen functional groups attached to an aromatic ring is 1. The van der Waals surface area contributed by atoms with E-state index in [9.17, 15) is 17.2 Å². The zero-order chi connectivity index (χ0) is 12.3. The van der Waals surface area contributed by atoms with Gasteiger partial charge in [0.25, 0.3) is 10.0 Å². The van der Waals surface area contributed by atoms with Crippen molar-refractivity contribution in [2.45, 2.75) is 12.3 Å². The highest BCUT2D eigenvalue weighted by molar-refractivity contribution is 7.89. The Labute approximate surface area is 92.7 Å². The van der Waals surface area contributed by atoms with E-state index in [1.165, 1.54) is 0 Å². The van der Waals surface area contributed by atoms with Crippen LogP contribution in [0.1, 0.15) is 5.56 Å². The zero-order valence-electron chi connectivity index (χ0n) is 8.60. The summed E-state index contributed by atoms with van der Waals surface area (Å²) in [5.41, 5.74) is 6.45. The highest BCUT2D eigenvalue weighted by Gasteiger charge is 2.29. The molecule has 16 heavy (non-hydrogen) atoms. The zero-order valence-corrected chi connectivity index (χ0v) is 9.42. The summed E-state index contributed by atoms with van der Waals surface area (Å²) in [4.78, 5) is 0. The van der Waals surface area contributed by atoms with Crippen LogP contribution in [0.15, 0.2) is 24.3 Å². The van der Waals surface area contributed by atoms with Crippen LogP contribution in [0, 0.1) is 0 Å². The number of anilines is 1. The summed E-state index contributed by atoms with van der Waals surface area (Å²) in [6, 6.07) is 6.51. The van der Waals surface area contributed by atoms with E-state index in [1.807, 2.05) is 0 Å². The molecule has 0 aliphatic heterocycles. The number of alkyl halides is 2. The molecule has 7 heteroatoms. The van der Waals surface area contributed by atoms with Crippen molar-refractivity contribution >= 4 is 15.7 Å². The van der Waals surface area contributed by atoms with Gasteiger partial charge in [-0.2, -0.15) is 13.1 Å². The molecule has 0 saturated heterocycles. The average molecular weight is 250 g/mol. The molecular formula is C9H12F2N2O2S. The van der Waals surface area contributed by atoms with Crippen molar-refractivity contribution in [3.8, 4) is 0 Å². The van der Waals surface area contributed by atoms with Gasteiger partial charge in [0.05, 0.1) is 0 Å². The van der Waals surface area contributed by atoms with Crippen LogP contribution in [0.2, 0.25) is 0 Å². The third-order valence-electron chi connectivity index (χ3n) is 2.11. The number of para-hydroxylation sites is 1. The van der Waals surface area contributed by atoms with Crippen LogP contribution < -0.4 is 5.73 Å². The van der Waals surface area contributed by atoms with Crippen LogP contribution in [0.3, 0.4) is 0 Å². The van der Waals surface area contributed by atoms with Crippen LogP contribution >= 0.6 is 0 Å². The molecule has 0 unspecified atom stereocenters. The fraction of sp³-hybridized carbons (Fsp3) is 0.333. The van der Waals surface area contributed by atoms with Gasteiger partial charge in [0, 0.05) is 19.3 Å². The van der Waals surface area contributed by atoms with Gasteiger partial charge in [-0.1, -0.05) is 18.2 Å². The van der Waals surface area contributed by atoms with E-state index in [1.54, 1.807) is 24.3 Å². The van der Waals surface area contributed by atoms with E-state index >= 15 is 0 Å². The Morgan fingerprint density at radius 3 is 2.44 bits per heavy atom. The molecule has 0 bridgehead atoms. The van der Waals surface area contributed by atoms with Gasteiger partial charge in [-0.05, 0) is 11.6 Å².